The van der Waals surface area contributed by atoms with Crippen LogP contribution >= 0.6 is 11.6 Å². The van der Waals surface area contributed by atoms with Crippen LogP contribution in [0.25, 0.3) is 0 Å². The summed E-state index contributed by atoms with van der Waals surface area (Å²) in [5.74, 6) is 0.227. The maximum atomic E-state index is 13.5. The number of amides is 2. The van der Waals surface area contributed by atoms with Crippen LogP contribution in [0, 0.1) is 0 Å². The third-order valence-corrected chi connectivity index (χ3v) is 7.55. The molecular formula is C27H38ClN3O5S. The first-order valence-corrected chi connectivity index (χ1v) is 14.7. The molecule has 0 unspecified atom stereocenters. The first kappa shape index (κ1) is 30.4. The number of sulfonamides is 1. The molecule has 2 aromatic rings. The van der Waals surface area contributed by atoms with Gasteiger partial charge >= 0.3 is 0 Å². The van der Waals surface area contributed by atoms with Crippen LogP contribution in [0.2, 0.25) is 5.02 Å². The van der Waals surface area contributed by atoms with Crippen LogP contribution in [0.4, 0.5) is 5.69 Å². The van der Waals surface area contributed by atoms with Gasteiger partial charge in [-0.3, -0.25) is 13.9 Å². The Morgan fingerprint density at radius 2 is 1.78 bits per heavy atom. The summed E-state index contributed by atoms with van der Waals surface area (Å²) in [5, 5.41) is 3.41. The molecule has 0 saturated carbocycles. The Morgan fingerprint density at radius 1 is 1.08 bits per heavy atom. The van der Waals surface area contributed by atoms with Crippen molar-refractivity contribution >= 4 is 39.1 Å². The van der Waals surface area contributed by atoms with E-state index in [9.17, 15) is 18.0 Å². The normalized spacial score (nSPS) is 12.9. The second kappa shape index (κ2) is 14.2. The molecule has 2 atom stereocenters. The number of ether oxygens (including phenoxy) is 1. The maximum absolute atomic E-state index is 13.5. The van der Waals surface area contributed by atoms with Crippen molar-refractivity contribution in [3.8, 4) is 5.75 Å². The highest BCUT2D eigenvalue weighted by Crippen LogP contribution is 2.23. The second-order valence-corrected chi connectivity index (χ2v) is 11.4. The number of carbonyl (C=O) groups is 2. The summed E-state index contributed by atoms with van der Waals surface area (Å²) in [5.41, 5.74) is 1.27. The van der Waals surface area contributed by atoms with Gasteiger partial charge in [0.15, 0.2) is 0 Å². The molecule has 0 bridgehead atoms. The molecule has 2 aromatic carbocycles. The molecule has 8 nitrogen and oxygen atoms in total. The minimum atomic E-state index is -3.59. The molecule has 0 aliphatic rings. The zero-order chi connectivity index (χ0) is 27.6. The van der Waals surface area contributed by atoms with Gasteiger partial charge in [-0.2, -0.15) is 0 Å². The van der Waals surface area contributed by atoms with Crippen LogP contribution in [0.1, 0.15) is 52.0 Å². The zero-order valence-electron chi connectivity index (χ0n) is 22.2. The number of carbonyl (C=O) groups excluding carboxylic acids is 2. The van der Waals surface area contributed by atoms with Gasteiger partial charge < -0.3 is 15.0 Å². The molecule has 0 heterocycles. The fraction of sp³-hybridized carbons (Fsp3) is 0.481. The van der Waals surface area contributed by atoms with Crippen LogP contribution in [-0.4, -0.2) is 57.1 Å². The second-order valence-electron chi connectivity index (χ2n) is 9.03. The largest absolute Gasteiger partial charge is 0.497 e. The molecule has 2 rings (SSSR count). The van der Waals surface area contributed by atoms with Crippen LogP contribution in [0.3, 0.4) is 0 Å². The van der Waals surface area contributed by atoms with E-state index < -0.39 is 16.1 Å². The molecule has 2 amide bonds. The number of hydrogen-bond donors (Lipinski definition) is 1. The van der Waals surface area contributed by atoms with Crippen LogP contribution < -0.4 is 14.4 Å². The quantitative estimate of drug-likeness (QED) is 0.370. The molecule has 0 aliphatic heterocycles. The van der Waals surface area contributed by atoms with E-state index in [-0.39, 0.29) is 43.8 Å². The Kier molecular flexibility index (Phi) is 11.7. The monoisotopic (exact) mass is 551 g/mol. The number of methoxy groups -OCH3 is 1. The highest BCUT2D eigenvalue weighted by atomic mass is 35.5. The van der Waals surface area contributed by atoms with Crippen molar-refractivity contribution in [3.05, 3.63) is 59.1 Å². The lowest BCUT2D eigenvalue weighted by atomic mass is 10.1. The Balaban J connectivity index is 2.25. The highest BCUT2D eigenvalue weighted by Gasteiger charge is 2.29. The van der Waals surface area contributed by atoms with Crippen molar-refractivity contribution in [1.82, 2.24) is 10.2 Å². The summed E-state index contributed by atoms with van der Waals surface area (Å²) in [6, 6.07) is 13.3. The van der Waals surface area contributed by atoms with Crippen LogP contribution in [0.5, 0.6) is 5.75 Å². The Hall–Kier alpha value is -2.78. The maximum Gasteiger partial charge on any atom is 0.243 e. The van der Waals surface area contributed by atoms with Crippen molar-refractivity contribution in [2.24, 2.45) is 0 Å². The van der Waals surface area contributed by atoms with Gasteiger partial charge in [-0.15, -0.1) is 0 Å². The smallest absolute Gasteiger partial charge is 0.243 e. The Labute approximate surface area is 226 Å². The summed E-state index contributed by atoms with van der Waals surface area (Å²) in [6.07, 6.45) is 2.68. The van der Waals surface area contributed by atoms with E-state index in [4.69, 9.17) is 16.3 Å². The molecule has 0 saturated heterocycles. The van der Waals surface area contributed by atoms with Crippen molar-refractivity contribution < 1.29 is 22.7 Å². The van der Waals surface area contributed by atoms with Gasteiger partial charge in [0.1, 0.15) is 11.8 Å². The average molecular weight is 552 g/mol. The molecule has 0 aliphatic carbocycles. The van der Waals surface area contributed by atoms with Crippen LogP contribution in [0.15, 0.2) is 48.5 Å². The van der Waals surface area contributed by atoms with Crippen molar-refractivity contribution in [3.63, 3.8) is 0 Å². The van der Waals surface area contributed by atoms with Gasteiger partial charge in [0.2, 0.25) is 21.8 Å². The van der Waals surface area contributed by atoms with E-state index in [1.807, 2.05) is 45.0 Å². The van der Waals surface area contributed by atoms with E-state index in [0.717, 1.165) is 18.2 Å². The van der Waals surface area contributed by atoms with Crippen molar-refractivity contribution in [2.45, 2.75) is 65.1 Å². The summed E-state index contributed by atoms with van der Waals surface area (Å²) < 4.78 is 31.5. The molecule has 0 spiro atoms. The molecule has 37 heavy (non-hydrogen) atoms. The standard InChI is InChI=1S/C27H38ClN3O5S/c1-6-20(3)29-27(33)25(7-2)30(19-21-11-8-14-24(17-21)36-4)26(32)15-10-16-31(37(5,34)35)23-13-9-12-22(28)18-23/h8-9,11-14,17-18,20,25H,6-7,10,15-16,19H2,1-5H3,(H,29,33)/t20-,25+/m0/s1. The summed E-state index contributed by atoms with van der Waals surface area (Å²) in [6.45, 7) is 6.12. The first-order valence-electron chi connectivity index (χ1n) is 12.5. The average Bonchev–Trinajstić information content (AvgIpc) is 2.85. The SMILES string of the molecule is CC[C@H](C(=O)N[C@@H](C)CC)N(Cc1cccc(OC)c1)C(=O)CCCN(c1cccc(Cl)c1)S(C)(=O)=O. The molecule has 0 fully saturated rings. The number of hydrogen-bond acceptors (Lipinski definition) is 5. The molecule has 0 aromatic heterocycles. The van der Waals surface area contributed by atoms with E-state index in [1.54, 1.807) is 36.3 Å². The Bertz CT molecular complexity index is 1160. The molecule has 10 heteroatoms. The third kappa shape index (κ3) is 9.23. The topological polar surface area (TPSA) is 96.0 Å². The number of anilines is 1. The summed E-state index contributed by atoms with van der Waals surface area (Å²) >= 11 is 6.06. The molecule has 0 radical (unpaired) electrons. The fourth-order valence-corrected chi connectivity index (χ4v) is 5.11. The van der Waals surface area contributed by atoms with Gasteiger partial charge in [0, 0.05) is 30.6 Å². The van der Waals surface area contributed by atoms with E-state index in [2.05, 4.69) is 5.32 Å². The number of benzene rings is 2. The predicted molar refractivity (Wildman–Crippen MR) is 148 cm³/mol. The van der Waals surface area contributed by atoms with Crippen molar-refractivity contribution in [1.29, 1.82) is 0 Å². The predicted octanol–water partition coefficient (Wildman–Crippen LogP) is 4.62. The van der Waals surface area contributed by atoms with Gasteiger partial charge in [-0.1, -0.05) is 43.6 Å². The lowest BCUT2D eigenvalue weighted by Gasteiger charge is -2.32. The number of nitrogens with zero attached hydrogens (tertiary/aromatic N) is 2. The zero-order valence-corrected chi connectivity index (χ0v) is 23.8. The minimum absolute atomic E-state index is 0.0173. The molecule has 1 N–H and O–H groups in total. The van der Waals surface area contributed by atoms with Gasteiger partial charge in [-0.05, 0) is 62.1 Å². The van der Waals surface area contributed by atoms with E-state index in [0.29, 0.717) is 22.9 Å². The molecule has 204 valence electrons. The van der Waals surface area contributed by atoms with Gasteiger partial charge in [-0.25, -0.2) is 8.42 Å². The lowest BCUT2D eigenvalue weighted by Crippen LogP contribution is -2.50. The van der Waals surface area contributed by atoms with Gasteiger partial charge in [0.25, 0.3) is 0 Å². The van der Waals surface area contributed by atoms with Crippen LogP contribution in [-0.2, 0) is 26.2 Å². The number of rotatable bonds is 14. The fourth-order valence-electron chi connectivity index (χ4n) is 3.96. The van der Waals surface area contributed by atoms with E-state index in [1.165, 1.54) is 4.31 Å². The summed E-state index contributed by atoms with van der Waals surface area (Å²) in [7, 11) is -2.01. The summed E-state index contributed by atoms with van der Waals surface area (Å²) in [4.78, 5) is 28.2. The van der Waals surface area contributed by atoms with Crippen molar-refractivity contribution in [2.75, 3.05) is 24.2 Å². The lowest BCUT2D eigenvalue weighted by molar-refractivity contribution is -0.141. The number of halogens is 1. The Morgan fingerprint density at radius 3 is 2.38 bits per heavy atom. The van der Waals surface area contributed by atoms with E-state index >= 15 is 0 Å². The minimum Gasteiger partial charge on any atom is -0.497 e. The first-order chi connectivity index (χ1) is 17.5. The third-order valence-electron chi connectivity index (χ3n) is 6.12. The molecular weight excluding hydrogens is 514 g/mol. The highest BCUT2D eigenvalue weighted by molar-refractivity contribution is 7.92. The van der Waals surface area contributed by atoms with Gasteiger partial charge in [0.05, 0.1) is 19.1 Å². The number of nitrogens with one attached hydrogen (secondary N) is 1.